The fraction of sp³-hybridized carbons (Fsp3) is 0.125. The van der Waals surface area contributed by atoms with Gasteiger partial charge in [-0.3, -0.25) is 4.79 Å². The number of nitrogens with two attached hydrogens (primary N) is 1. The quantitative estimate of drug-likeness (QED) is 0.664. The molecular formula is C16H16N2O3. The van der Waals surface area contributed by atoms with Crippen LogP contribution >= 0.6 is 0 Å². The zero-order valence-electron chi connectivity index (χ0n) is 11.6. The van der Waals surface area contributed by atoms with Crippen molar-refractivity contribution in [3.05, 3.63) is 65.2 Å². The van der Waals surface area contributed by atoms with Crippen LogP contribution in [0.15, 0.2) is 48.5 Å². The number of ether oxygens (including phenoxy) is 1. The molecular weight excluding hydrogens is 268 g/mol. The number of hydrogen-bond donors (Lipinski definition) is 2. The van der Waals surface area contributed by atoms with Gasteiger partial charge in [0.1, 0.15) is 0 Å². The molecule has 1 amide bonds. The Morgan fingerprint density at radius 2 is 1.86 bits per heavy atom. The summed E-state index contributed by atoms with van der Waals surface area (Å²) in [6, 6.07) is 13.9. The van der Waals surface area contributed by atoms with E-state index in [-0.39, 0.29) is 5.91 Å². The van der Waals surface area contributed by atoms with Crippen LogP contribution in [0.2, 0.25) is 0 Å². The van der Waals surface area contributed by atoms with Gasteiger partial charge in [-0.2, -0.15) is 0 Å². The third-order valence-corrected chi connectivity index (χ3v) is 3.01. The van der Waals surface area contributed by atoms with Gasteiger partial charge in [0, 0.05) is 17.8 Å². The molecule has 0 aliphatic rings. The minimum Gasteiger partial charge on any atom is -0.465 e. The van der Waals surface area contributed by atoms with Gasteiger partial charge in [0.25, 0.3) is 5.91 Å². The number of rotatable bonds is 4. The molecule has 0 unspecified atom stereocenters. The van der Waals surface area contributed by atoms with Crippen LogP contribution in [-0.4, -0.2) is 19.0 Å². The van der Waals surface area contributed by atoms with Crippen molar-refractivity contribution in [3.63, 3.8) is 0 Å². The van der Waals surface area contributed by atoms with E-state index in [9.17, 15) is 9.59 Å². The van der Waals surface area contributed by atoms with Gasteiger partial charge in [0.2, 0.25) is 0 Å². The number of nitrogens with one attached hydrogen (secondary N) is 1. The summed E-state index contributed by atoms with van der Waals surface area (Å²) in [6.07, 6.45) is 0. The predicted molar refractivity (Wildman–Crippen MR) is 79.8 cm³/mol. The summed E-state index contributed by atoms with van der Waals surface area (Å²) in [4.78, 5) is 23.3. The number of nitrogen functional groups attached to an aromatic ring is 1. The molecule has 2 aromatic rings. The molecule has 5 nitrogen and oxygen atoms in total. The first-order valence-corrected chi connectivity index (χ1v) is 6.42. The van der Waals surface area contributed by atoms with E-state index in [2.05, 4.69) is 10.1 Å². The highest BCUT2D eigenvalue weighted by molar-refractivity contribution is 5.95. The second-order valence-corrected chi connectivity index (χ2v) is 4.46. The van der Waals surface area contributed by atoms with Gasteiger partial charge in [0.05, 0.1) is 12.7 Å². The van der Waals surface area contributed by atoms with Crippen LogP contribution in [0.5, 0.6) is 0 Å². The molecule has 0 bridgehead atoms. The van der Waals surface area contributed by atoms with Crippen molar-refractivity contribution in [3.8, 4) is 0 Å². The first kappa shape index (κ1) is 14.6. The summed E-state index contributed by atoms with van der Waals surface area (Å²) < 4.78 is 4.62. The van der Waals surface area contributed by atoms with Crippen molar-refractivity contribution in [2.75, 3.05) is 12.8 Å². The Kier molecular flexibility index (Phi) is 4.56. The van der Waals surface area contributed by atoms with Crippen LogP contribution in [0.4, 0.5) is 5.69 Å². The molecule has 2 rings (SSSR count). The number of esters is 1. The molecule has 0 aromatic heterocycles. The average Bonchev–Trinajstić information content (AvgIpc) is 2.52. The molecule has 2 aromatic carbocycles. The van der Waals surface area contributed by atoms with Crippen LogP contribution in [-0.2, 0) is 11.3 Å². The normalized spacial score (nSPS) is 9.95. The highest BCUT2D eigenvalue weighted by Crippen LogP contribution is 2.15. The zero-order valence-corrected chi connectivity index (χ0v) is 11.6. The number of carbonyl (C=O) groups is 2. The SMILES string of the molecule is COC(=O)c1ccc(CNC(=O)c2ccccc2)cc1N. The Labute approximate surface area is 122 Å². The monoisotopic (exact) mass is 284 g/mol. The van der Waals surface area contributed by atoms with Crippen molar-refractivity contribution in [2.45, 2.75) is 6.54 Å². The molecule has 5 heteroatoms. The molecule has 108 valence electrons. The molecule has 0 radical (unpaired) electrons. The molecule has 0 saturated heterocycles. The van der Waals surface area contributed by atoms with Gasteiger partial charge in [-0.05, 0) is 29.8 Å². The van der Waals surface area contributed by atoms with E-state index < -0.39 is 5.97 Å². The lowest BCUT2D eigenvalue weighted by Gasteiger charge is -2.08. The van der Waals surface area contributed by atoms with E-state index in [1.54, 1.807) is 42.5 Å². The van der Waals surface area contributed by atoms with E-state index in [0.717, 1.165) is 5.56 Å². The lowest BCUT2D eigenvalue weighted by molar-refractivity contribution is 0.0601. The van der Waals surface area contributed by atoms with Gasteiger partial charge in [-0.15, -0.1) is 0 Å². The second kappa shape index (κ2) is 6.56. The fourth-order valence-corrected chi connectivity index (χ4v) is 1.89. The van der Waals surface area contributed by atoms with Crippen molar-refractivity contribution in [2.24, 2.45) is 0 Å². The summed E-state index contributed by atoms with van der Waals surface area (Å²) in [6.45, 7) is 0.333. The van der Waals surface area contributed by atoms with Crippen molar-refractivity contribution in [1.82, 2.24) is 5.32 Å². The first-order chi connectivity index (χ1) is 10.1. The standard InChI is InChI=1S/C16H16N2O3/c1-21-16(20)13-8-7-11(9-14(13)17)10-18-15(19)12-5-3-2-4-6-12/h2-9H,10,17H2,1H3,(H,18,19). The Bertz CT molecular complexity index is 654. The first-order valence-electron chi connectivity index (χ1n) is 6.42. The van der Waals surface area contributed by atoms with Gasteiger partial charge < -0.3 is 15.8 Å². The van der Waals surface area contributed by atoms with Crippen LogP contribution in [0, 0.1) is 0 Å². The van der Waals surface area contributed by atoms with Crippen molar-refractivity contribution in [1.29, 1.82) is 0 Å². The summed E-state index contributed by atoms with van der Waals surface area (Å²) in [5, 5.41) is 2.79. The van der Waals surface area contributed by atoms with E-state index in [4.69, 9.17) is 5.73 Å². The number of methoxy groups -OCH3 is 1. The Balaban J connectivity index is 2.03. The molecule has 0 fully saturated rings. The second-order valence-electron chi connectivity index (χ2n) is 4.46. The minimum absolute atomic E-state index is 0.161. The van der Waals surface area contributed by atoms with Crippen molar-refractivity contribution >= 4 is 17.6 Å². The largest absolute Gasteiger partial charge is 0.465 e. The molecule has 0 saturated carbocycles. The summed E-state index contributed by atoms with van der Waals surface area (Å²) in [5.41, 5.74) is 7.85. The average molecular weight is 284 g/mol. The maximum Gasteiger partial charge on any atom is 0.339 e. The molecule has 0 aliphatic heterocycles. The molecule has 0 aliphatic carbocycles. The van der Waals surface area contributed by atoms with Gasteiger partial charge in [-0.25, -0.2) is 4.79 Å². The van der Waals surface area contributed by atoms with Gasteiger partial charge in [0.15, 0.2) is 0 Å². The molecule has 0 atom stereocenters. The van der Waals surface area contributed by atoms with Crippen LogP contribution in [0.3, 0.4) is 0 Å². The van der Waals surface area contributed by atoms with Gasteiger partial charge in [-0.1, -0.05) is 24.3 Å². The maximum absolute atomic E-state index is 11.9. The number of benzene rings is 2. The number of anilines is 1. The summed E-state index contributed by atoms with van der Waals surface area (Å²) in [5.74, 6) is -0.640. The van der Waals surface area contributed by atoms with Gasteiger partial charge >= 0.3 is 5.97 Å². The predicted octanol–water partition coefficient (Wildman–Crippen LogP) is 1.99. The fourth-order valence-electron chi connectivity index (χ4n) is 1.89. The number of carbonyl (C=O) groups excluding carboxylic acids is 2. The summed E-state index contributed by atoms with van der Waals surface area (Å²) in [7, 11) is 1.30. The zero-order chi connectivity index (χ0) is 15.2. The highest BCUT2D eigenvalue weighted by atomic mass is 16.5. The molecule has 0 spiro atoms. The molecule has 21 heavy (non-hydrogen) atoms. The highest BCUT2D eigenvalue weighted by Gasteiger charge is 2.10. The third kappa shape index (κ3) is 3.60. The van der Waals surface area contributed by atoms with E-state index >= 15 is 0 Å². The maximum atomic E-state index is 11.9. The third-order valence-electron chi connectivity index (χ3n) is 3.01. The van der Waals surface area contributed by atoms with Crippen LogP contribution in [0.1, 0.15) is 26.3 Å². The topological polar surface area (TPSA) is 81.4 Å². The van der Waals surface area contributed by atoms with E-state index in [0.29, 0.717) is 23.4 Å². The molecule has 0 heterocycles. The number of hydrogen-bond acceptors (Lipinski definition) is 4. The molecule has 3 N–H and O–H groups in total. The van der Waals surface area contributed by atoms with Crippen LogP contribution < -0.4 is 11.1 Å². The summed E-state index contributed by atoms with van der Waals surface area (Å²) >= 11 is 0. The number of amides is 1. The van der Waals surface area contributed by atoms with Crippen LogP contribution in [0.25, 0.3) is 0 Å². The lowest BCUT2D eigenvalue weighted by atomic mass is 10.1. The van der Waals surface area contributed by atoms with E-state index in [1.165, 1.54) is 7.11 Å². The van der Waals surface area contributed by atoms with E-state index in [1.807, 2.05) is 6.07 Å². The van der Waals surface area contributed by atoms with Crippen molar-refractivity contribution < 1.29 is 14.3 Å². The minimum atomic E-state index is -0.479. The smallest absolute Gasteiger partial charge is 0.339 e. The Hall–Kier alpha value is -2.82. The lowest BCUT2D eigenvalue weighted by Crippen LogP contribution is -2.22. The Morgan fingerprint density at radius 1 is 1.14 bits per heavy atom. The Morgan fingerprint density at radius 3 is 2.48 bits per heavy atom.